The standard InChI is InChI=1S/C19H23N3O2S/c23-18(14-25-13-15-6-2-1-3-7-15)20-10-11-22-19(24)12-16-8-4-5-9-17(16)21-22/h1-3,6-7,12H,4-5,8-11,13-14H2,(H,20,23). The minimum atomic E-state index is -0.0756. The van der Waals surface area contributed by atoms with Crippen molar-refractivity contribution >= 4 is 17.7 Å². The summed E-state index contributed by atoms with van der Waals surface area (Å²) in [6.07, 6.45) is 4.16. The highest BCUT2D eigenvalue weighted by atomic mass is 32.2. The second kappa shape index (κ2) is 8.85. The zero-order chi connectivity index (χ0) is 17.5. The smallest absolute Gasteiger partial charge is 0.267 e. The van der Waals surface area contributed by atoms with Crippen LogP contribution in [0.5, 0.6) is 0 Å². The molecule has 3 rings (SSSR count). The van der Waals surface area contributed by atoms with Gasteiger partial charge in [-0.3, -0.25) is 9.59 Å². The highest BCUT2D eigenvalue weighted by Crippen LogP contribution is 2.16. The number of amides is 1. The number of thioether (sulfide) groups is 1. The van der Waals surface area contributed by atoms with Crippen LogP contribution in [-0.4, -0.2) is 28.0 Å². The van der Waals surface area contributed by atoms with E-state index in [0.29, 0.717) is 18.8 Å². The van der Waals surface area contributed by atoms with E-state index in [1.165, 1.54) is 10.2 Å². The van der Waals surface area contributed by atoms with Crippen molar-refractivity contribution in [3.63, 3.8) is 0 Å². The van der Waals surface area contributed by atoms with E-state index >= 15 is 0 Å². The predicted octanol–water partition coefficient (Wildman–Crippen LogP) is 2.17. The number of nitrogens with one attached hydrogen (secondary N) is 1. The number of benzene rings is 1. The van der Waals surface area contributed by atoms with Crippen molar-refractivity contribution in [3.05, 3.63) is 63.6 Å². The van der Waals surface area contributed by atoms with Gasteiger partial charge in [-0.15, -0.1) is 11.8 Å². The zero-order valence-electron chi connectivity index (χ0n) is 14.2. The molecule has 1 aliphatic carbocycles. The number of hydrogen-bond acceptors (Lipinski definition) is 4. The maximum absolute atomic E-state index is 12.1. The van der Waals surface area contributed by atoms with E-state index in [-0.39, 0.29) is 11.5 Å². The van der Waals surface area contributed by atoms with Crippen LogP contribution in [-0.2, 0) is 29.9 Å². The normalized spacial score (nSPS) is 13.3. The van der Waals surface area contributed by atoms with Gasteiger partial charge in [-0.05, 0) is 36.8 Å². The van der Waals surface area contributed by atoms with Crippen LogP contribution in [0.4, 0.5) is 0 Å². The van der Waals surface area contributed by atoms with Crippen LogP contribution in [0.25, 0.3) is 0 Å². The number of fused-ring (bicyclic) bond motifs is 1. The Bertz CT molecular complexity index is 774. The summed E-state index contributed by atoms with van der Waals surface area (Å²) < 4.78 is 1.47. The van der Waals surface area contributed by atoms with Crippen molar-refractivity contribution in [2.24, 2.45) is 0 Å². The van der Waals surface area contributed by atoms with Gasteiger partial charge in [0.2, 0.25) is 5.91 Å². The SMILES string of the molecule is O=C(CSCc1ccccc1)NCCn1nc2c(cc1=O)CCCC2. The molecule has 1 heterocycles. The molecule has 0 radical (unpaired) electrons. The average molecular weight is 357 g/mol. The summed E-state index contributed by atoms with van der Waals surface area (Å²) in [5.74, 6) is 1.23. The van der Waals surface area contributed by atoms with Crippen LogP contribution in [0, 0.1) is 0 Å². The summed E-state index contributed by atoms with van der Waals surface area (Å²) in [6, 6.07) is 11.8. The Balaban J connectivity index is 1.42. The van der Waals surface area contributed by atoms with Crippen molar-refractivity contribution in [2.45, 2.75) is 38.0 Å². The first kappa shape index (κ1) is 17.7. The van der Waals surface area contributed by atoms with Crippen molar-refractivity contribution in [2.75, 3.05) is 12.3 Å². The van der Waals surface area contributed by atoms with Crippen LogP contribution in [0.2, 0.25) is 0 Å². The van der Waals surface area contributed by atoms with E-state index in [1.54, 1.807) is 17.8 Å². The van der Waals surface area contributed by atoms with Crippen LogP contribution in [0.3, 0.4) is 0 Å². The van der Waals surface area contributed by atoms with Gasteiger partial charge in [0.25, 0.3) is 5.56 Å². The maximum Gasteiger partial charge on any atom is 0.267 e. The van der Waals surface area contributed by atoms with E-state index in [9.17, 15) is 9.59 Å². The molecule has 6 heteroatoms. The molecule has 0 unspecified atom stereocenters. The maximum atomic E-state index is 12.1. The Hall–Kier alpha value is -2.08. The second-order valence-corrected chi connectivity index (χ2v) is 7.20. The lowest BCUT2D eigenvalue weighted by Gasteiger charge is -2.16. The Morgan fingerprint density at radius 1 is 1.20 bits per heavy atom. The Labute approximate surface area is 151 Å². The van der Waals surface area contributed by atoms with Crippen LogP contribution < -0.4 is 10.9 Å². The summed E-state index contributed by atoms with van der Waals surface area (Å²) in [6.45, 7) is 0.845. The predicted molar refractivity (Wildman–Crippen MR) is 101 cm³/mol. The van der Waals surface area contributed by atoms with Gasteiger partial charge in [-0.2, -0.15) is 5.10 Å². The molecule has 1 aliphatic rings. The number of hydrogen-bond donors (Lipinski definition) is 1. The van der Waals surface area contributed by atoms with Crippen LogP contribution in [0.15, 0.2) is 41.2 Å². The number of aryl methyl sites for hydroxylation is 2. The fourth-order valence-electron chi connectivity index (χ4n) is 2.95. The van der Waals surface area contributed by atoms with Crippen LogP contribution in [0.1, 0.15) is 29.7 Å². The molecule has 132 valence electrons. The van der Waals surface area contributed by atoms with Gasteiger partial charge < -0.3 is 5.32 Å². The van der Waals surface area contributed by atoms with E-state index in [1.807, 2.05) is 18.2 Å². The van der Waals surface area contributed by atoms with Gasteiger partial charge in [-0.25, -0.2) is 4.68 Å². The molecule has 0 atom stereocenters. The third kappa shape index (κ3) is 5.19. The van der Waals surface area contributed by atoms with Gasteiger partial charge in [0.1, 0.15) is 0 Å². The third-order valence-corrected chi connectivity index (χ3v) is 5.27. The fourth-order valence-corrected chi connectivity index (χ4v) is 3.77. The zero-order valence-corrected chi connectivity index (χ0v) is 15.1. The first-order valence-electron chi connectivity index (χ1n) is 8.70. The molecule has 0 saturated carbocycles. The lowest BCUT2D eigenvalue weighted by atomic mass is 9.97. The lowest BCUT2D eigenvalue weighted by Crippen LogP contribution is -2.33. The summed E-state index contributed by atoms with van der Waals surface area (Å²) in [4.78, 5) is 24.0. The molecular weight excluding hydrogens is 334 g/mol. The lowest BCUT2D eigenvalue weighted by molar-refractivity contribution is -0.118. The highest BCUT2D eigenvalue weighted by Gasteiger charge is 2.13. The van der Waals surface area contributed by atoms with E-state index < -0.39 is 0 Å². The average Bonchev–Trinajstić information content (AvgIpc) is 2.63. The van der Waals surface area contributed by atoms with Crippen LogP contribution >= 0.6 is 11.8 Å². The topological polar surface area (TPSA) is 64.0 Å². The first-order chi connectivity index (χ1) is 12.2. The molecule has 2 aromatic rings. The van der Waals surface area contributed by atoms with E-state index in [2.05, 4.69) is 22.5 Å². The van der Waals surface area contributed by atoms with Crippen molar-refractivity contribution in [3.8, 4) is 0 Å². The molecule has 1 aromatic carbocycles. The molecular formula is C19H23N3O2S. The molecule has 0 saturated heterocycles. The Morgan fingerprint density at radius 2 is 2.00 bits per heavy atom. The Kier molecular flexibility index (Phi) is 6.28. The first-order valence-corrected chi connectivity index (χ1v) is 9.86. The van der Waals surface area contributed by atoms with E-state index in [4.69, 9.17) is 0 Å². The summed E-state index contributed by atoms with van der Waals surface area (Å²) in [5, 5.41) is 7.32. The van der Waals surface area contributed by atoms with Crippen molar-refractivity contribution in [1.82, 2.24) is 15.1 Å². The molecule has 0 fully saturated rings. The number of carbonyl (C=O) groups is 1. The summed E-state index contributed by atoms with van der Waals surface area (Å²) in [7, 11) is 0. The van der Waals surface area contributed by atoms with Crippen molar-refractivity contribution in [1.29, 1.82) is 0 Å². The second-order valence-electron chi connectivity index (χ2n) is 6.21. The van der Waals surface area contributed by atoms with Crippen molar-refractivity contribution < 1.29 is 4.79 Å². The minimum absolute atomic E-state index is 0.00746. The van der Waals surface area contributed by atoms with Gasteiger partial charge in [0, 0.05) is 18.4 Å². The molecule has 0 spiro atoms. The Morgan fingerprint density at radius 3 is 2.84 bits per heavy atom. The largest absolute Gasteiger partial charge is 0.354 e. The molecule has 0 bridgehead atoms. The quantitative estimate of drug-likeness (QED) is 0.825. The van der Waals surface area contributed by atoms with Gasteiger partial charge in [0.15, 0.2) is 0 Å². The fraction of sp³-hybridized carbons (Fsp3) is 0.421. The molecule has 0 aliphatic heterocycles. The molecule has 1 N–H and O–H groups in total. The molecule has 1 aromatic heterocycles. The number of carbonyl (C=O) groups excluding carboxylic acids is 1. The molecule has 5 nitrogen and oxygen atoms in total. The molecule has 1 amide bonds. The number of aromatic nitrogens is 2. The van der Waals surface area contributed by atoms with Gasteiger partial charge >= 0.3 is 0 Å². The third-order valence-electron chi connectivity index (χ3n) is 4.26. The van der Waals surface area contributed by atoms with Gasteiger partial charge in [0.05, 0.1) is 18.0 Å². The highest BCUT2D eigenvalue weighted by molar-refractivity contribution is 7.99. The number of nitrogens with zero attached hydrogens (tertiary/aromatic N) is 2. The summed E-state index contributed by atoms with van der Waals surface area (Å²) >= 11 is 1.59. The monoisotopic (exact) mass is 357 g/mol. The van der Waals surface area contributed by atoms with E-state index in [0.717, 1.165) is 42.7 Å². The number of rotatable bonds is 7. The summed E-state index contributed by atoms with van der Waals surface area (Å²) in [5.41, 5.74) is 3.27. The molecule has 25 heavy (non-hydrogen) atoms. The van der Waals surface area contributed by atoms with Gasteiger partial charge in [-0.1, -0.05) is 30.3 Å². The minimum Gasteiger partial charge on any atom is -0.354 e.